The van der Waals surface area contributed by atoms with Gasteiger partial charge < -0.3 is 20.0 Å². The maximum atomic E-state index is 13.2. The van der Waals surface area contributed by atoms with Crippen molar-refractivity contribution in [2.75, 3.05) is 65.2 Å². The molecule has 3 fully saturated rings. The van der Waals surface area contributed by atoms with Gasteiger partial charge in [0.25, 0.3) is 0 Å². The summed E-state index contributed by atoms with van der Waals surface area (Å²) in [7, 11) is 4.06. The Morgan fingerprint density at radius 3 is 2.17 bits per heavy atom. The minimum absolute atomic E-state index is 0.422. The van der Waals surface area contributed by atoms with Crippen LogP contribution in [0.3, 0.4) is 0 Å². The molecule has 1 saturated carbocycles. The van der Waals surface area contributed by atoms with Crippen molar-refractivity contribution in [3.8, 4) is 0 Å². The number of rotatable bonds is 6. The topological polar surface area (TPSA) is 59.1 Å². The normalized spacial score (nSPS) is 25.6. The number of thiophene rings is 1. The van der Waals surface area contributed by atoms with Crippen LogP contribution in [-0.2, 0) is 9.59 Å². The second-order valence-corrected chi connectivity index (χ2v) is 11.7. The highest BCUT2D eigenvalue weighted by Crippen LogP contribution is 2.39. The SMILES string of the molecule is CN1CCC(N(CC(=O)Nc2ccc(C3CCC(N4CCN(C)CC4)CC3)s2)C(=O)C(F)(F)F)CC1. The molecule has 1 aliphatic carbocycles. The van der Waals surface area contributed by atoms with Crippen LogP contribution in [0.2, 0.25) is 0 Å². The van der Waals surface area contributed by atoms with E-state index in [1.807, 2.05) is 24.1 Å². The molecule has 2 aliphatic heterocycles. The number of nitrogens with one attached hydrogen (secondary N) is 1. The van der Waals surface area contributed by atoms with Crippen molar-refractivity contribution >= 4 is 28.2 Å². The van der Waals surface area contributed by atoms with E-state index in [1.54, 1.807) is 0 Å². The molecule has 0 bridgehead atoms. The molecule has 0 spiro atoms. The van der Waals surface area contributed by atoms with Crippen LogP contribution in [0.5, 0.6) is 0 Å². The van der Waals surface area contributed by atoms with Gasteiger partial charge in [-0.2, -0.15) is 13.2 Å². The van der Waals surface area contributed by atoms with E-state index in [9.17, 15) is 22.8 Å². The number of halogens is 3. The summed E-state index contributed by atoms with van der Waals surface area (Å²) in [6, 6.07) is 3.91. The highest BCUT2D eigenvalue weighted by Gasteiger charge is 2.45. The van der Waals surface area contributed by atoms with Gasteiger partial charge in [-0.3, -0.25) is 14.5 Å². The fourth-order valence-electron chi connectivity index (χ4n) is 5.72. The number of anilines is 1. The molecular formula is C25H38F3N5O2S. The highest BCUT2D eigenvalue weighted by molar-refractivity contribution is 7.16. The number of alkyl halides is 3. The summed E-state index contributed by atoms with van der Waals surface area (Å²) in [4.78, 5) is 33.7. The van der Waals surface area contributed by atoms with Crippen molar-refractivity contribution in [1.29, 1.82) is 0 Å². The molecule has 1 aromatic rings. The monoisotopic (exact) mass is 529 g/mol. The number of carbonyl (C=O) groups is 2. The molecule has 7 nitrogen and oxygen atoms in total. The van der Waals surface area contributed by atoms with Gasteiger partial charge in [-0.25, -0.2) is 0 Å². The lowest BCUT2D eigenvalue weighted by molar-refractivity contribution is -0.188. The van der Waals surface area contributed by atoms with E-state index >= 15 is 0 Å². The third-order valence-corrected chi connectivity index (χ3v) is 9.15. The molecule has 202 valence electrons. The Kier molecular flexibility index (Phi) is 8.96. The number of hydrogen-bond donors (Lipinski definition) is 1. The van der Waals surface area contributed by atoms with Gasteiger partial charge in [-0.05, 0) is 83.8 Å². The minimum atomic E-state index is -5.00. The summed E-state index contributed by atoms with van der Waals surface area (Å²) >= 11 is 1.50. The number of likely N-dealkylation sites (tertiary alicyclic amines) is 1. The molecule has 3 heterocycles. The number of nitrogens with zero attached hydrogens (tertiary/aromatic N) is 4. The number of piperidine rings is 1. The lowest BCUT2D eigenvalue weighted by atomic mass is 9.84. The highest BCUT2D eigenvalue weighted by atomic mass is 32.1. The van der Waals surface area contributed by atoms with Crippen molar-refractivity contribution in [1.82, 2.24) is 19.6 Å². The van der Waals surface area contributed by atoms with Gasteiger partial charge in [0, 0.05) is 43.1 Å². The Bertz CT molecular complexity index is 887. The summed E-state index contributed by atoms with van der Waals surface area (Å²) in [6.45, 7) is 5.11. The Balaban J connectivity index is 1.30. The molecule has 2 saturated heterocycles. The van der Waals surface area contributed by atoms with E-state index in [-0.39, 0.29) is 0 Å². The summed E-state index contributed by atoms with van der Waals surface area (Å²) in [5.74, 6) is -2.07. The smallest absolute Gasteiger partial charge is 0.322 e. The number of carbonyl (C=O) groups excluding carboxylic acids is 2. The average Bonchev–Trinajstić information content (AvgIpc) is 3.31. The van der Waals surface area contributed by atoms with Gasteiger partial charge >= 0.3 is 12.1 Å². The first-order chi connectivity index (χ1) is 17.1. The molecule has 1 aromatic heterocycles. The Labute approximate surface area is 215 Å². The molecule has 11 heteroatoms. The van der Waals surface area contributed by atoms with Gasteiger partial charge in [-0.15, -0.1) is 11.3 Å². The largest absolute Gasteiger partial charge is 0.471 e. The van der Waals surface area contributed by atoms with Crippen LogP contribution < -0.4 is 5.32 Å². The number of likely N-dealkylation sites (N-methyl/N-ethyl adjacent to an activating group) is 1. The van der Waals surface area contributed by atoms with Gasteiger partial charge in [0.1, 0.15) is 6.54 Å². The van der Waals surface area contributed by atoms with Crippen LogP contribution in [-0.4, -0.2) is 110 Å². The fourth-order valence-corrected chi connectivity index (χ4v) is 6.81. The first kappa shape index (κ1) is 27.3. The van der Waals surface area contributed by atoms with E-state index < -0.39 is 30.6 Å². The second-order valence-electron chi connectivity index (χ2n) is 10.6. The molecule has 4 rings (SSSR count). The molecule has 1 N–H and O–H groups in total. The predicted molar refractivity (Wildman–Crippen MR) is 135 cm³/mol. The number of amides is 2. The maximum Gasteiger partial charge on any atom is 0.471 e. The first-order valence-corrected chi connectivity index (χ1v) is 13.8. The molecular weight excluding hydrogens is 491 g/mol. The lowest BCUT2D eigenvalue weighted by Gasteiger charge is -2.41. The molecule has 3 aliphatic rings. The van der Waals surface area contributed by atoms with Crippen molar-refractivity contribution < 1.29 is 22.8 Å². The second kappa shape index (κ2) is 11.8. The molecule has 0 radical (unpaired) electrons. The summed E-state index contributed by atoms with van der Waals surface area (Å²) in [5.41, 5.74) is 0. The summed E-state index contributed by atoms with van der Waals surface area (Å²) < 4.78 is 39.7. The summed E-state index contributed by atoms with van der Waals surface area (Å²) in [6.07, 6.45) is 0.391. The maximum absolute atomic E-state index is 13.2. The Morgan fingerprint density at radius 2 is 1.56 bits per heavy atom. The molecule has 0 unspecified atom stereocenters. The van der Waals surface area contributed by atoms with Crippen LogP contribution in [0.1, 0.15) is 49.3 Å². The third kappa shape index (κ3) is 6.99. The molecule has 2 amide bonds. The van der Waals surface area contributed by atoms with Crippen LogP contribution in [0.25, 0.3) is 0 Å². The first-order valence-electron chi connectivity index (χ1n) is 13.0. The quantitative estimate of drug-likeness (QED) is 0.612. The predicted octanol–water partition coefficient (Wildman–Crippen LogP) is 3.45. The molecule has 36 heavy (non-hydrogen) atoms. The van der Waals surface area contributed by atoms with Gasteiger partial charge in [0.15, 0.2) is 0 Å². The zero-order chi connectivity index (χ0) is 25.9. The Morgan fingerprint density at radius 1 is 0.944 bits per heavy atom. The van der Waals surface area contributed by atoms with Crippen LogP contribution in [0, 0.1) is 0 Å². The fraction of sp³-hybridized carbons (Fsp3) is 0.760. The Hall–Kier alpha value is -1.69. The zero-order valence-corrected chi connectivity index (χ0v) is 22.0. The molecule has 0 aromatic carbocycles. The van der Waals surface area contributed by atoms with E-state index in [0.29, 0.717) is 42.9 Å². The van der Waals surface area contributed by atoms with Crippen molar-refractivity contribution in [2.45, 2.75) is 62.7 Å². The van der Waals surface area contributed by atoms with Gasteiger partial charge in [0.2, 0.25) is 5.91 Å². The number of hydrogen-bond acceptors (Lipinski definition) is 6. The van der Waals surface area contributed by atoms with Crippen molar-refractivity contribution in [3.63, 3.8) is 0 Å². The van der Waals surface area contributed by atoms with Crippen molar-refractivity contribution in [3.05, 3.63) is 17.0 Å². The van der Waals surface area contributed by atoms with Gasteiger partial charge in [0.05, 0.1) is 5.00 Å². The van der Waals surface area contributed by atoms with E-state index in [2.05, 4.69) is 22.2 Å². The molecule has 0 atom stereocenters. The minimum Gasteiger partial charge on any atom is -0.322 e. The van der Waals surface area contributed by atoms with Crippen molar-refractivity contribution in [2.24, 2.45) is 0 Å². The van der Waals surface area contributed by atoms with E-state index in [4.69, 9.17) is 0 Å². The number of piperazine rings is 1. The van der Waals surface area contributed by atoms with Crippen LogP contribution >= 0.6 is 11.3 Å². The van der Waals surface area contributed by atoms with E-state index in [1.165, 1.54) is 29.1 Å². The third-order valence-electron chi connectivity index (χ3n) is 7.99. The zero-order valence-electron chi connectivity index (χ0n) is 21.2. The average molecular weight is 530 g/mol. The van der Waals surface area contributed by atoms with Crippen LogP contribution in [0.15, 0.2) is 12.1 Å². The van der Waals surface area contributed by atoms with E-state index in [0.717, 1.165) is 43.9 Å². The lowest BCUT2D eigenvalue weighted by Crippen LogP contribution is -2.53. The summed E-state index contributed by atoms with van der Waals surface area (Å²) in [5, 5.41) is 3.37. The van der Waals surface area contributed by atoms with Crippen LogP contribution in [0.4, 0.5) is 18.2 Å². The van der Waals surface area contributed by atoms with Gasteiger partial charge in [-0.1, -0.05) is 0 Å². The standard InChI is InChI=1S/C25H38F3N5O2S/c1-30-11-9-20(10-12-30)33(24(35)25(26,27)28)17-22(34)29-23-8-7-21(36-23)18-3-5-19(6-4-18)32-15-13-31(2)14-16-32/h7-8,18-20H,3-6,9-17H2,1-2H3,(H,29,34).